The maximum Gasteiger partial charge on any atom is 0.488 e. The topological polar surface area (TPSA) is 321 Å². The Bertz CT molecular complexity index is 2070. The molecule has 0 amide bonds. The molecule has 10 atom stereocenters. The van der Waals surface area contributed by atoms with Crippen molar-refractivity contribution in [2.75, 3.05) is 24.7 Å². The van der Waals surface area contributed by atoms with Gasteiger partial charge in [-0.1, -0.05) is 27.7 Å². The predicted molar refractivity (Wildman–Crippen MR) is 186 cm³/mol. The Kier molecular flexibility index (Phi) is 10.5. The van der Waals surface area contributed by atoms with E-state index in [-0.39, 0.29) is 39.4 Å². The van der Waals surface area contributed by atoms with Crippen molar-refractivity contribution in [1.82, 2.24) is 44.1 Å². The second-order valence-electron chi connectivity index (χ2n) is 14.3. The number of nitrogens with two attached hydrogens (primary N) is 3. The van der Waals surface area contributed by atoms with Crippen LogP contribution in [0.15, 0.2) is 23.8 Å². The van der Waals surface area contributed by atoms with Crippen LogP contribution in [-0.4, -0.2) is 95.9 Å². The van der Waals surface area contributed by atoms with Crippen LogP contribution >= 0.6 is 16.0 Å². The molecule has 0 spiro atoms. The molecule has 0 saturated carbocycles. The molecule has 2 fully saturated rings. The number of aromatic nitrogens is 8. The molecule has 0 aromatic carbocycles. The second-order valence-corrected chi connectivity index (χ2v) is 21.3. The van der Waals surface area contributed by atoms with E-state index in [0.29, 0.717) is 5.65 Å². The monoisotopic (exact) mass is 784 g/mol. The van der Waals surface area contributed by atoms with Gasteiger partial charge in [-0.25, -0.2) is 29.6 Å². The van der Waals surface area contributed by atoms with Crippen molar-refractivity contribution >= 4 is 58.4 Å². The summed E-state index contributed by atoms with van der Waals surface area (Å²) in [5.74, 6) is -0.377. The van der Waals surface area contributed by atoms with Gasteiger partial charge in [0.05, 0.1) is 31.4 Å². The molecule has 4 aromatic rings. The number of nitrogens with one attached hydrogen (secondary N) is 2. The summed E-state index contributed by atoms with van der Waals surface area (Å²) in [5.41, 5.74) is 18.6. The van der Waals surface area contributed by atoms with Crippen LogP contribution < -0.4 is 32.7 Å². The van der Waals surface area contributed by atoms with Crippen LogP contribution in [0.25, 0.3) is 22.3 Å². The summed E-state index contributed by atoms with van der Waals surface area (Å²) in [6.45, 7) is 10.9. The highest BCUT2D eigenvalue weighted by Gasteiger charge is 2.54. The maximum atomic E-state index is 13.8. The Hall–Kier alpha value is -3.31. The van der Waals surface area contributed by atoms with Crippen LogP contribution in [0.4, 0.5) is 11.8 Å². The van der Waals surface area contributed by atoms with Gasteiger partial charge in [-0.3, -0.25) is 23.4 Å². The largest absolute Gasteiger partial charge is 0.566 e. The third kappa shape index (κ3) is 7.41. The van der Waals surface area contributed by atoms with E-state index in [4.69, 9.17) is 40.1 Å². The normalized spacial score (nSPS) is 28.5. The average molecular weight is 785 g/mol. The van der Waals surface area contributed by atoms with Crippen LogP contribution in [0.5, 0.6) is 0 Å². The van der Waals surface area contributed by atoms with Gasteiger partial charge < -0.3 is 40.9 Å². The lowest BCUT2D eigenvalue weighted by atomic mass is 10.0. The van der Waals surface area contributed by atoms with Crippen LogP contribution in [0.1, 0.15) is 40.2 Å². The molecular formula is C27H42N12O10P2Si. The molecule has 0 radical (unpaired) electrons. The highest BCUT2D eigenvalue weighted by atomic mass is 31.2. The quantitative estimate of drug-likeness (QED) is 0.0835. The van der Waals surface area contributed by atoms with Crippen molar-refractivity contribution in [2.24, 2.45) is 11.7 Å². The lowest BCUT2D eigenvalue weighted by molar-refractivity contribution is -0.188. The Balaban J connectivity index is 1.27. The van der Waals surface area contributed by atoms with Gasteiger partial charge in [0, 0.05) is 12.0 Å². The molecule has 0 aliphatic carbocycles. The Labute approximate surface area is 298 Å². The molecule has 9 N–H and O–H groups in total. The van der Waals surface area contributed by atoms with Crippen LogP contribution in [-0.2, 0) is 32.1 Å². The van der Waals surface area contributed by atoms with Crippen molar-refractivity contribution in [2.45, 2.75) is 88.7 Å². The number of anilines is 2. The van der Waals surface area contributed by atoms with E-state index in [9.17, 15) is 23.7 Å². The van der Waals surface area contributed by atoms with Crippen molar-refractivity contribution in [3.8, 4) is 0 Å². The molecule has 2 aliphatic rings. The van der Waals surface area contributed by atoms with Gasteiger partial charge in [0.25, 0.3) is 5.56 Å². The first-order chi connectivity index (χ1) is 24.3. The minimum Gasteiger partial charge on any atom is -0.566 e. The summed E-state index contributed by atoms with van der Waals surface area (Å²) in [7, 11) is -10.7. The van der Waals surface area contributed by atoms with Gasteiger partial charge in [-0.2, -0.15) is 4.98 Å². The first-order valence-corrected chi connectivity index (χ1v) is 21.8. The Morgan fingerprint density at radius 2 is 1.73 bits per heavy atom. The summed E-state index contributed by atoms with van der Waals surface area (Å²) < 4.78 is 58.3. The summed E-state index contributed by atoms with van der Waals surface area (Å²) in [4.78, 5) is 58.4. The number of hydrogen-bond acceptors (Lipinski definition) is 17. The fourth-order valence-corrected chi connectivity index (χ4v) is 8.69. The number of aromatic amines is 1. The van der Waals surface area contributed by atoms with Gasteiger partial charge in [-0.05, 0) is 22.7 Å². The summed E-state index contributed by atoms with van der Waals surface area (Å²) >= 11 is 0. The van der Waals surface area contributed by atoms with Gasteiger partial charge in [0.15, 0.2) is 37.2 Å². The molecule has 4 aromatic heterocycles. The SMILES string of the molecule is C[C@@H]1[C@H](N)[C@@H](COP(=O)(O)N[C@H]2[C@@H](O[Si](C)(C)C(C)(C)C)[C@H](n3cnc4c(N)ncnc43)O[C@@H]2CO[P+](=O)[O-])O[C@H]1n1cnc2c(=O)[nH]c(N)nc21. The third-order valence-electron chi connectivity index (χ3n) is 9.84. The molecule has 52 heavy (non-hydrogen) atoms. The van der Waals surface area contributed by atoms with E-state index in [0.717, 1.165) is 0 Å². The zero-order chi connectivity index (χ0) is 37.9. The van der Waals surface area contributed by atoms with Gasteiger partial charge >= 0.3 is 16.0 Å². The highest BCUT2D eigenvalue weighted by Crippen LogP contribution is 2.47. The smallest absolute Gasteiger partial charge is 0.488 e. The molecule has 6 heterocycles. The maximum absolute atomic E-state index is 13.8. The molecule has 25 heteroatoms. The summed E-state index contributed by atoms with van der Waals surface area (Å²) in [5, 5.41) is 2.33. The van der Waals surface area contributed by atoms with Gasteiger partial charge in [-0.15, -0.1) is 4.52 Å². The number of fused-ring (bicyclic) bond motifs is 2. The highest BCUT2D eigenvalue weighted by molar-refractivity contribution is 7.50. The first-order valence-electron chi connectivity index (χ1n) is 16.2. The second kappa shape index (κ2) is 14.2. The van der Waals surface area contributed by atoms with Crippen molar-refractivity contribution in [3.63, 3.8) is 0 Å². The van der Waals surface area contributed by atoms with Crippen molar-refractivity contribution in [3.05, 3.63) is 29.3 Å². The number of H-pyrrole nitrogens is 1. The molecule has 0 bridgehead atoms. The molecule has 2 aliphatic heterocycles. The van der Waals surface area contributed by atoms with Gasteiger partial charge in [0.2, 0.25) is 5.95 Å². The standard InChI is InChI=1S/C27H42N12O10P2Si/c1-12-15(28)13(47-24(12)39-11-34-18-22(39)35-26(30)36-23(18)40)8-46-51(43,44)37-16-14(7-45-50(41)42)48-25(19(16)49-52(5,6)27(2,3)4)38-10-33-17-20(29)31-9-32-21(17)38/h9-16,19,24-25H,7-8,28H2,1-6H3,(H2,29,31,32)(H2,37,43,44)(H3,30,35,36,40)/t12-,13-,14-,15+,16-,19-,24-,25-/m1/s1. The molecule has 2 unspecified atom stereocenters. The number of nitrogen functional groups attached to an aromatic ring is 2. The average Bonchev–Trinajstić information content (AvgIpc) is 3.80. The molecule has 284 valence electrons. The lowest BCUT2D eigenvalue weighted by Gasteiger charge is -2.41. The number of ether oxygens (including phenoxy) is 2. The third-order valence-corrected chi connectivity index (χ3v) is 15.8. The van der Waals surface area contributed by atoms with Crippen LogP contribution in [0.2, 0.25) is 18.1 Å². The minimum atomic E-state index is -4.76. The lowest BCUT2D eigenvalue weighted by Crippen LogP contribution is -2.52. The zero-order valence-electron chi connectivity index (χ0n) is 29.1. The van der Waals surface area contributed by atoms with Gasteiger partial charge in [0.1, 0.15) is 36.9 Å². The first kappa shape index (κ1) is 38.4. The van der Waals surface area contributed by atoms with E-state index in [2.05, 4.69) is 35.0 Å². The van der Waals surface area contributed by atoms with E-state index < -0.39 is 85.9 Å². The zero-order valence-corrected chi connectivity index (χ0v) is 31.9. The van der Waals surface area contributed by atoms with Crippen LogP contribution in [0.3, 0.4) is 0 Å². The number of hydrogen-bond donors (Lipinski definition) is 6. The molecule has 6 rings (SSSR count). The predicted octanol–water partition coefficient (Wildman–Crippen LogP) is 0.382. The van der Waals surface area contributed by atoms with E-state index >= 15 is 0 Å². The van der Waals surface area contributed by atoms with E-state index in [1.807, 2.05) is 33.9 Å². The summed E-state index contributed by atoms with van der Waals surface area (Å²) in [6, 6.07) is -1.85. The van der Waals surface area contributed by atoms with E-state index in [1.54, 1.807) is 11.5 Å². The van der Waals surface area contributed by atoms with E-state index in [1.165, 1.54) is 23.5 Å². The molecule has 22 nitrogen and oxygen atoms in total. The number of nitrogens with zero attached hydrogens (tertiary/aromatic N) is 7. The van der Waals surface area contributed by atoms with Crippen molar-refractivity contribution < 1.29 is 41.9 Å². The fraction of sp³-hybridized carbons (Fsp3) is 0.630. The molecule has 2 saturated heterocycles. The van der Waals surface area contributed by atoms with Crippen molar-refractivity contribution in [1.29, 1.82) is 0 Å². The van der Waals surface area contributed by atoms with Crippen LogP contribution in [0, 0.1) is 5.92 Å². The number of rotatable bonds is 12. The Morgan fingerprint density at radius 3 is 2.40 bits per heavy atom. The molecular weight excluding hydrogens is 742 g/mol. The number of imidazole rings is 2. The fourth-order valence-electron chi connectivity index (χ4n) is 6.01. The minimum absolute atomic E-state index is 0.0496. The summed E-state index contributed by atoms with van der Waals surface area (Å²) in [6.07, 6.45) is -0.824. The Morgan fingerprint density at radius 1 is 1.08 bits per heavy atom.